The van der Waals surface area contributed by atoms with Crippen molar-refractivity contribution in [3.8, 4) is 11.5 Å². The first-order valence-corrected chi connectivity index (χ1v) is 7.35. The Bertz CT molecular complexity index is 616. The van der Waals surface area contributed by atoms with E-state index in [2.05, 4.69) is 0 Å². The monoisotopic (exact) mass is 305 g/mol. The molecule has 2 aliphatic heterocycles. The van der Waals surface area contributed by atoms with Crippen molar-refractivity contribution in [1.82, 2.24) is 4.90 Å². The average Bonchev–Trinajstić information content (AvgIpc) is 2.90. The molecule has 1 fully saturated rings. The molecule has 1 saturated heterocycles. The number of nitrogens with zero attached hydrogens (tertiary/aromatic N) is 1. The maximum atomic E-state index is 12.7. The van der Waals surface area contributed by atoms with Gasteiger partial charge in [0, 0.05) is 13.1 Å². The van der Waals surface area contributed by atoms with Crippen LogP contribution in [-0.4, -0.2) is 47.2 Å². The van der Waals surface area contributed by atoms with Gasteiger partial charge in [-0.1, -0.05) is 12.1 Å². The van der Waals surface area contributed by atoms with E-state index < -0.39 is 23.6 Å². The van der Waals surface area contributed by atoms with Crippen molar-refractivity contribution in [3.05, 3.63) is 24.3 Å². The van der Waals surface area contributed by atoms with Crippen molar-refractivity contribution in [2.45, 2.75) is 32.5 Å². The Kier molecular flexibility index (Phi) is 3.47. The van der Waals surface area contributed by atoms with E-state index in [1.54, 1.807) is 30.9 Å². The topological polar surface area (TPSA) is 76.1 Å². The lowest BCUT2D eigenvalue weighted by atomic mass is 9.90. The number of likely N-dealkylation sites (tertiary alicyclic amines) is 1. The summed E-state index contributed by atoms with van der Waals surface area (Å²) in [7, 11) is 0. The van der Waals surface area contributed by atoms with E-state index in [9.17, 15) is 14.7 Å². The number of carbonyl (C=O) groups excluding carboxylic acids is 1. The Morgan fingerprint density at radius 3 is 2.50 bits per heavy atom. The maximum Gasteiger partial charge on any atom is 0.311 e. The van der Waals surface area contributed by atoms with Crippen LogP contribution in [0.2, 0.25) is 0 Å². The molecule has 1 N–H and O–H groups in total. The van der Waals surface area contributed by atoms with Crippen LogP contribution in [0.25, 0.3) is 0 Å². The highest BCUT2D eigenvalue weighted by molar-refractivity contribution is 5.84. The fourth-order valence-corrected chi connectivity index (χ4v) is 2.89. The first kappa shape index (κ1) is 14.7. The molecule has 0 bridgehead atoms. The number of fused-ring (bicyclic) bond motifs is 1. The van der Waals surface area contributed by atoms with Gasteiger partial charge in [-0.25, -0.2) is 0 Å². The first-order chi connectivity index (χ1) is 10.4. The molecule has 1 aromatic carbocycles. The van der Waals surface area contributed by atoms with Gasteiger partial charge in [-0.3, -0.25) is 9.59 Å². The second-order valence-corrected chi connectivity index (χ2v) is 6.18. The van der Waals surface area contributed by atoms with Crippen LogP contribution in [0.1, 0.15) is 20.3 Å². The van der Waals surface area contributed by atoms with E-state index in [0.29, 0.717) is 24.5 Å². The summed E-state index contributed by atoms with van der Waals surface area (Å²) in [5.74, 6) is 0.0731. The number of hydrogen-bond donors (Lipinski definition) is 1. The quantitative estimate of drug-likeness (QED) is 0.897. The van der Waals surface area contributed by atoms with Gasteiger partial charge in [-0.05, 0) is 32.4 Å². The number of amides is 1. The minimum Gasteiger partial charge on any atom is -0.482 e. The summed E-state index contributed by atoms with van der Waals surface area (Å²) in [5, 5.41) is 9.27. The van der Waals surface area contributed by atoms with Crippen LogP contribution in [0.5, 0.6) is 11.5 Å². The third-order valence-corrected chi connectivity index (χ3v) is 4.39. The van der Waals surface area contributed by atoms with Gasteiger partial charge < -0.3 is 19.5 Å². The van der Waals surface area contributed by atoms with Crippen molar-refractivity contribution in [2.24, 2.45) is 5.41 Å². The fourth-order valence-electron chi connectivity index (χ4n) is 2.89. The fraction of sp³-hybridized carbons (Fsp3) is 0.500. The Hall–Kier alpha value is -2.24. The number of rotatable bonds is 2. The minimum atomic E-state index is -0.883. The van der Waals surface area contributed by atoms with Crippen LogP contribution < -0.4 is 9.47 Å². The number of carboxylic acids is 1. The molecule has 0 radical (unpaired) electrons. The summed E-state index contributed by atoms with van der Waals surface area (Å²) in [4.78, 5) is 25.5. The molecule has 0 aromatic heterocycles. The molecule has 1 aromatic rings. The summed E-state index contributed by atoms with van der Waals surface area (Å²) in [5.41, 5.74) is -0.883. The summed E-state index contributed by atoms with van der Waals surface area (Å²) >= 11 is 0. The Morgan fingerprint density at radius 1 is 1.27 bits per heavy atom. The van der Waals surface area contributed by atoms with Crippen LogP contribution >= 0.6 is 0 Å². The van der Waals surface area contributed by atoms with E-state index in [-0.39, 0.29) is 12.5 Å². The van der Waals surface area contributed by atoms with Crippen molar-refractivity contribution in [2.75, 3.05) is 13.1 Å². The summed E-state index contributed by atoms with van der Waals surface area (Å²) in [6.07, 6.45) is -0.711. The highest BCUT2D eigenvalue weighted by Crippen LogP contribution is 2.36. The van der Waals surface area contributed by atoms with Crippen LogP contribution in [0.3, 0.4) is 0 Å². The van der Waals surface area contributed by atoms with Gasteiger partial charge in [-0.15, -0.1) is 0 Å². The first-order valence-electron chi connectivity index (χ1n) is 7.35. The molecule has 0 aliphatic carbocycles. The van der Waals surface area contributed by atoms with E-state index in [1.165, 1.54) is 0 Å². The normalized spacial score (nSPS) is 30.2. The van der Waals surface area contributed by atoms with Gasteiger partial charge in [0.15, 0.2) is 11.5 Å². The van der Waals surface area contributed by atoms with Crippen molar-refractivity contribution >= 4 is 11.9 Å². The molecule has 1 amide bonds. The SMILES string of the molecule is C[C@@H]1Oc2ccccc2O[C@H]1C(=O)N1CC[C@](C)(C(=O)O)C1. The van der Waals surface area contributed by atoms with Crippen LogP contribution in [0, 0.1) is 5.41 Å². The Balaban J connectivity index is 1.75. The largest absolute Gasteiger partial charge is 0.482 e. The van der Waals surface area contributed by atoms with Gasteiger partial charge in [0.05, 0.1) is 5.41 Å². The molecule has 6 heteroatoms. The predicted octanol–water partition coefficient (Wildman–Crippen LogP) is 1.54. The van der Waals surface area contributed by atoms with Gasteiger partial charge in [0.2, 0.25) is 6.10 Å². The third kappa shape index (κ3) is 2.38. The second kappa shape index (κ2) is 5.19. The van der Waals surface area contributed by atoms with E-state index in [0.717, 1.165) is 0 Å². The molecular formula is C16H19NO5. The van der Waals surface area contributed by atoms with E-state index in [4.69, 9.17) is 9.47 Å². The zero-order valence-corrected chi connectivity index (χ0v) is 12.6. The molecular weight excluding hydrogens is 286 g/mol. The van der Waals surface area contributed by atoms with Gasteiger partial charge in [-0.2, -0.15) is 0 Å². The smallest absolute Gasteiger partial charge is 0.311 e. The van der Waals surface area contributed by atoms with Crippen LogP contribution in [0.4, 0.5) is 0 Å². The molecule has 0 spiro atoms. The average molecular weight is 305 g/mol. The molecule has 6 nitrogen and oxygen atoms in total. The molecule has 22 heavy (non-hydrogen) atoms. The van der Waals surface area contributed by atoms with Crippen molar-refractivity contribution in [1.29, 1.82) is 0 Å². The van der Waals surface area contributed by atoms with Gasteiger partial charge in [0.1, 0.15) is 6.10 Å². The minimum absolute atomic E-state index is 0.204. The van der Waals surface area contributed by atoms with Crippen LogP contribution in [-0.2, 0) is 9.59 Å². The van der Waals surface area contributed by atoms with E-state index in [1.807, 2.05) is 12.1 Å². The summed E-state index contributed by atoms with van der Waals surface area (Å²) in [6.45, 7) is 4.08. The number of ether oxygens (including phenoxy) is 2. The molecule has 2 aliphatic rings. The lowest BCUT2D eigenvalue weighted by Crippen LogP contribution is -2.50. The van der Waals surface area contributed by atoms with E-state index >= 15 is 0 Å². The predicted molar refractivity (Wildman–Crippen MR) is 77.9 cm³/mol. The Labute approximate surface area is 128 Å². The van der Waals surface area contributed by atoms with Crippen LogP contribution in [0.15, 0.2) is 24.3 Å². The molecule has 0 unspecified atom stereocenters. The number of hydrogen-bond acceptors (Lipinski definition) is 4. The Morgan fingerprint density at radius 2 is 1.91 bits per heavy atom. The summed E-state index contributed by atoms with van der Waals surface area (Å²) < 4.78 is 11.5. The number of benzene rings is 1. The number of carbonyl (C=O) groups is 2. The van der Waals surface area contributed by atoms with Crippen molar-refractivity contribution < 1.29 is 24.2 Å². The lowest BCUT2D eigenvalue weighted by Gasteiger charge is -2.33. The maximum absolute atomic E-state index is 12.7. The van der Waals surface area contributed by atoms with Crippen molar-refractivity contribution in [3.63, 3.8) is 0 Å². The highest BCUT2D eigenvalue weighted by Gasteiger charge is 2.45. The zero-order chi connectivity index (χ0) is 15.9. The number of aliphatic carboxylic acids is 1. The molecule has 3 rings (SSSR count). The molecule has 0 saturated carbocycles. The second-order valence-electron chi connectivity index (χ2n) is 6.18. The van der Waals surface area contributed by atoms with Gasteiger partial charge in [0.25, 0.3) is 5.91 Å². The standard InChI is InChI=1S/C16H19NO5/c1-10-13(22-12-6-4-3-5-11(12)21-10)14(18)17-8-7-16(2,9-17)15(19)20/h3-6,10,13H,7-9H2,1-2H3,(H,19,20)/t10-,13+,16-/m0/s1. The highest BCUT2D eigenvalue weighted by atomic mass is 16.6. The lowest BCUT2D eigenvalue weighted by molar-refractivity contribution is -0.148. The molecule has 3 atom stereocenters. The van der Waals surface area contributed by atoms with Gasteiger partial charge >= 0.3 is 5.97 Å². The number of para-hydroxylation sites is 2. The molecule has 2 heterocycles. The zero-order valence-electron chi connectivity index (χ0n) is 12.6. The molecule has 118 valence electrons. The number of carboxylic acid groups (broad SMARTS) is 1. The third-order valence-electron chi connectivity index (χ3n) is 4.39. The summed E-state index contributed by atoms with van der Waals surface area (Å²) in [6, 6.07) is 7.21.